The Kier molecular flexibility index (Phi) is 6.63. The molecule has 3 heteroatoms. The number of carbonyl (C=O) groups excluding carboxylic acids is 1. The average molecular weight is 337 g/mol. The molecule has 0 saturated carbocycles. The number of nitrogens with zero attached hydrogens (tertiary/aromatic N) is 1. The van der Waals surface area contributed by atoms with Gasteiger partial charge in [0.05, 0.1) is 0 Å². The lowest BCUT2D eigenvalue weighted by Crippen LogP contribution is -2.35. The number of likely N-dealkylation sites (tertiary alicyclic amines) is 1. The molecule has 1 amide bonds. The van der Waals surface area contributed by atoms with E-state index in [1.165, 1.54) is 6.42 Å². The van der Waals surface area contributed by atoms with Gasteiger partial charge in [0, 0.05) is 26.1 Å². The summed E-state index contributed by atoms with van der Waals surface area (Å²) in [5.74, 6) is 0.277. The molecule has 1 saturated heterocycles. The molecule has 1 aliphatic rings. The quantitative estimate of drug-likeness (QED) is 0.692. The van der Waals surface area contributed by atoms with Gasteiger partial charge in [-0.15, -0.1) is 0 Å². The van der Waals surface area contributed by atoms with Crippen LogP contribution in [0.1, 0.15) is 49.3 Å². The number of ether oxygens (including phenoxy) is 1. The predicted octanol–water partition coefficient (Wildman–Crippen LogP) is 4.59. The van der Waals surface area contributed by atoms with Crippen LogP contribution in [-0.4, -0.2) is 30.5 Å². The van der Waals surface area contributed by atoms with Crippen molar-refractivity contribution in [3.05, 3.63) is 71.8 Å². The lowest BCUT2D eigenvalue weighted by molar-refractivity contribution is -0.132. The molecule has 0 bridgehead atoms. The van der Waals surface area contributed by atoms with Crippen LogP contribution in [0.2, 0.25) is 0 Å². The Morgan fingerprint density at radius 2 is 1.44 bits per heavy atom. The van der Waals surface area contributed by atoms with Crippen LogP contribution < -0.4 is 0 Å². The van der Waals surface area contributed by atoms with Crippen molar-refractivity contribution in [1.82, 2.24) is 4.90 Å². The van der Waals surface area contributed by atoms with Crippen molar-refractivity contribution in [1.29, 1.82) is 0 Å². The third kappa shape index (κ3) is 5.17. The molecule has 25 heavy (non-hydrogen) atoms. The van der Waals surface area contributed by atoms with Gasteiger partial charge in [-0.05, 0) is 36.8 Å². The van der Waals surface area contributed by atoms with Gasteiger partial charge in [-0.3, -0.25) is 4.79 Å². The average Bonchev–Trinajstić information content (AvgIpc) is 2.70. The van der Waals surface area contributed by atoms with E-state index in [-0.39, 0.29) is 12.0 Å². The summed E-state index contributed by atoms with van der Waals surface area (Å²) < 4.78 is 6.18. The number of hydrogen-bond acceptors (Lipinski definition) is 2. The minimum Gasteiger partial charge on any atom is -0.369 e. The molecule has 0 unspecified atom stereocenters. The summed E-state index contributed by atoms with van der Waals surface area (Å²) in [4.78, 5) is 14.3. The van der Waals surface area contributed by atoms with Crippen LogP contribution in [-0.2, 0) is 9.53 Å². The number of benzene rings is 2. The smallest absolute Gasteiger partial charge is 0.222 e. The largest absolute Gasteiger partial charge is 0.369 e. The normalized spacial score (nSPS) is 14.7. The molecule has 0 aliphatic carbocycles. The predicted molar refractivity (Wildman–Crippen MR) is 100 cm³/mol. The minimum atomic E-state index is -0.0764. The maximum absolute atomic E-state index is 12.3. The Labute approximate surface area is 150 Å². The zero-order chi connectivity index (χ0) is 17.3. The second kappa shape index (κ2) is 9.38. The molecule has 1 fully saturated rings. The Balaban J connectivity index is 1.53. The molecule has 2 aromatic carbocycles. The molecular weight excluding hydrogens is 310 g/mol. The summed E-state index contributed by atoms with van der Waals surface area (Å²) in [7, 11) is 0. The van der Waals surface area contributed by atoms with E-state index in [1.54, 1.807) is 0 Å². The van der Waals surface area contributed by atoms with E-state index in [0.717, 1.165) is 43.5 Å². The van der Waals surface area contributed by atoms with Gasteiger partial charge in [0.15, 0.2) is 0 Å². The van der Waals surface area contributed by atoms with Crippen molar-refractivity contribution in [2.75, 3.05) is 19.7 Å². The van der Waals surface area contributed by atoms with Gasteiger partial charge in [-0.2, -0.15) is 0 Å². The highest BCUT2D eigenvalue weighted by Crippen LogP contribution is 2.26. The van der Waals surface area contributed by atoms with E-state index in [0.29, 0.717) is 13.0 Å². The summed E-state index contributed by atoms with van der Waals surface area (Å²) >= 11 is 0. The van der Waals surface area contributed by atoms with Crippen LogP contribution in [0.5, 0.6) is 0 Å². The number of rotatable bonds is 7. The van der Waals surface area contributed by atoms with E-state index in [4.69, 9.17) is 4.74 Å². The molecule has 0 radical (unpaired) electrons. The molecule has 132 valence electrons. The highest BCUT2D eigenvalue weighted by atomic mass is 16.5. The Bertz CT molecular complexity index is 596. The van der Waals surface area contributed by atoms with E-state index in [1.807, 2.05) is 41.3 Å². The van der Waals surface area contributed by atoms with Gasteiger partial charge >= 0.3 is 0 Å². The monoisotopic (exact) mass is 337 g/mol. The fourth-order valence-corrected chi connectivity index (χ4v) is 3.37. The van der Waals surface area contributed by atoms with Crippen LogP contribution in [0.25, 0.3) is 0 Å². The fraction of sp³-hybridized carbons (Fsp3) is 0.409. The Hall–Kier alpha value is -2.13. The zero-order valence-electron chi connectivity index (χ0n) is 14.8. The fourth-order valence-electron chi connectivity index (χ4n) is 3.37. The van der Waals surface area contributed by atoms with Gasteiger partial charge in [0.25, 0.3) is 0 Å². The van der Waals surface area contributed by atoms with Crippen molar-refractivity contribution in [3.63, 3.8) is 0 Å². The molecule has 3 rings (SSSR count). The maximum atomic E-state index is 12.3. The lowest BCUT2D eigenvalue weighted by Gasteiger charge is -2.26. The summed E-state index contributed by atoms with van der Waals surface area (Å²) in [6.07, 6.45) is 4.82. The first-order valence-electron chi connectivity index (χ1n) is 9.34. The molecule has 1 aliphatic heterocycles. The molecule has 1 heterocycles. The van der Waals surface area contributed by atoms with Gasteiger partial charge in [-0.25, -0.2) is 0 Å². The van der Waals surface area contributed by atoms with Gasteiger partial charge in [-0.1, -0.05) is 60.7 Å². The molecule has 0 aromatic heterocycles. The van der Waals surface area contributed by atoms with Gasteiger partial charge in [0.2, 0.25) is 5.91 Å². The third-order valence-electron chi connectivity index (χ3n) is 4.73. The van der Waals surface area contributed by atoms with Gasteiger partial charge in [0.1, 0.15) is 6.10 Å². The van der Waals surface area contributed by atoms with Crippen molar-refractivity contribution < 1.29 is 9.53 Å². The van der Waals surface area contributed by atoms with Crippen molar-refractivity contribution >= 4 is 5.91 Å². The number of amides is 1. The van der Waals surface area contributed by atoms with E-state index in [2.05, 4.69) is 24.3 Å². The lowest BCUT2D eigenvalue weighted by atomic mass is 10.0. The number of hydrogen-bond donors (Lipinski definition) is 0. The SMILES string of the molecule is O=C(CCCOC(c1ccccc1)c1ccccc1)N1CCCCC1. The molecule has 0 spiro atoms. The van der Waals surface area contributed by atoms with Crippen LogP contribution in [0.15, 0.2) is 60.7 Å². The highest BCUT2D eigenvalue weighted by Gasteiger charge is 2.17. The molecular formula is C22H27NO2. The topological polar surface area (TPSA) is 29.5 Å². The Morgan fingerprint density at radius 3 is 2.00 bits per heavy atom. The maximum Gasteiger partial charge on any atom is 0.222 e. The van der Waals surface area contributed by atoms with E-state index < -0.39 is 0 Å². The second-order valence-electron chi connectivity index (χ2n) is 6.62. The van der Waals surface area contributed by atoms with Crippen molar-refractivity contribution in [2.24, 2.45) is 0 Å². The van der Waals surface area contributed by atoms with E-state index in [9.17, 15) is 4.79 Å². The van der Waals surface area contributed by atoms with E-state index >= 15 is 0 Å². The number of carbonyl (C=O) groups is 1. The van der Waals surface area contributed by atoms with Crippen LogP contribution in [0.4, 0.5) is 0 Å². The second-order valence-corrected chi connectivity index (χ2v) is 6.62. The first kappa shape index (κ1) is 17.7. The van der Waals surface area contributed by atoms with Crippen molar-refractivity contribution in [2.45, 2.75) is 38.2 Å². The molecule has 2 aromatic rings. The summed E-state index contributed by atoms with van der Waals surface area (Å²) in [5, 5.41) is 0. The van der Waals surface area contributed by atoms with Crippen molar-refractivity contribution in [3.8, 4) is 0 Å². The highest BCUT2D eigenvalue weighted by molar-refractivity contribution is 5.76. The number of piperidine rings is 1. The van der Waals surface area contributed by atoms with Crippen LogP contribution >= 0.6 is 0 Å². The first-order valence-corrected chi connectivity index (χ1v) is 9.34. The summed E-state index contributed by atoms with van der Waals surface area (Å²) in [6, 6.07) is 20.6. The molecule has 0 atom stereocenters. The minimum absolute atomic E-state index is 0.0764. The first-order chi connectivity index (χ1) is 12.3. The summed E-state index contributed by atoms with van der Waals surface area (Å²) in [6.45, 7) is 2.45. The van der Waals surface area contributed by atoms with Gasteiger partial charge < -0.3 is 9.64 Å². The third-order valence-corrected chi connectivity index (χ3v) is 4.73. The standard InChI is InChI=1S/C22H27NO2/c24-21(23-16-8-3-9-17-23)15-10-18-25-22(19-11-4-1-5-12-19)20-13-6-2-7-14-20/h1-2,4-7,11-14,22H,3,8-10,15-18H2. The van der Waals surface area contributed by atoms with Crippen LogP contribution in [0, 0.1) is 0 Å². The molecule has 0 N–H and O–H groups in total. The molecule has 3 nitrogen and oxygen atoms in total. The van der Waals surface area contributed by atoms with Crippen LogP contribution in [0.3, 0.4) is 0 Å². The zero-order valence-corrected chi connectivity index (χ0v) is 14.8. The Morgan fingerprint density at radius 1 is 0.880 bits per heavy atom. The summed E-state index contributed by atoms with van der Waals surface area (Å²) in [5.41, 5.74) is 2.30.